The van der Waals surface area contributed by atoms with Gasteiger partial charge in [-0.05, 0) is 6.07 Å². The summed E-state index contributed by atoms with van der Waals surface area (Å²) < 4.78 is 0. The Balaban J connectivity index is 0.000000261. The third-order valence-corrected chi connectivity index (χ3v) is 0.731. The summed E-state index contributed by atoms with van der Waals surface area (Å²) in [6, 6.07) is 1.39. The second-order valence-corrected chi connectivity index (χ2v) is 1.79. The van der Waals surface area contributed by atoms with Crippen LogP contribution in [0.4, 0.5) is 0 Å². The van der Waals surface area contributed by atoms with E-state index in [2.05, 4.69) is 10.2 Å². The average Bonchev–Trinajstić information content (AvgIpc) is 2.34. The van der Waals surface area contributed by atoms with Gasteiger partial charge in [0.15, 0.2) is 0 Å². The van der Waals surface area contributed by atoms with E-state index in [1.807, 2.05) is 0 Å². The van der Waals surface area contributed by atoms with Crippen LogP contribution in [0.3, 0.4) is 0 Å². The molecule has 1 heterocycles. The zero-order valence-corrected chi connectivity index (χ0v) is 6.31. The average molecular weight is 172 g/mol. The second-order valence-electron chi connectivity index (χ2n) is 1.79. The van der Waals surface area contributed by atoms with Gasteiger partial charge in [0.25, 0.3) is 5.97 Å². The lowest BCUT2D eigenvalue weighted by Crippen LogP contribution is -1.95. The monoisotopic (exact) mass is 172 g/mol. The first-order valence-electron chi connectivity index (χ1n) is 2.96. The number of H-pyrrole nitrogens is 1. The van der Waals surface area contributed by atoms with Gasteiger partial charge in [-0.2, -0.15) is 5.10 Å². The number of aromatic nitrogens is 2. The molecule has 0 fully saturated rings. The number of carboxylic acid groups (broad SMARTS) is 2. The Bertz CT molecular complexity index is 251. The third kappa shape index (κ3) is 4.98. The van der Waals surface area contributed by atoms with E-state index in [0.29, 0.717) is 0 Å². The van der Waals surface area contributed by atoms with Gasteiger partial charge in [0.1, 0.15) is 5.69 Å². The fraction of sp³-hybridized carbons (Fsp3) is 0.167. The van der Waals surface area contributed by atoms with Gasteiger partial charge in [-0.3, -0.25) is 9.89 Å². The Morgan fingerprint density at radius 3 is 2.17 bits per heavy atom. The predicted molar refractivity (Wildman–Crippen MR) is 38.9 cm³/mol. The van der Waals surface area contributed by atoms with E-state index in [0.717, 1.165) is 6.92 Å². The minimum absolute atomic E-state index is 0.116. The highest BCUT2D eigenvalue weighted by molar-refractivity contribution is 5.84. The molecule has 1 aromatic rings. The van der Waals surface area contributed by atoms with Crippen LogP contribution in [0.2, 0.25) is 0 Å². The first kappa shape index (κ1) is 10.2. The van der Waals surface area contributed by atoms with Gasteiger partial charge < -0.3 is 10.2 Å². The molecule has 1 aromatic heterocycles. The molecule has 12 heavy (non-hydrogen) atoms. The van der Waals surface area contributed by atoms with E-state index in [-0.39, 0.29) is 5.69 Å². The molecule has 0 amide bonds. The molecule has 0 aliphatic heterocycles. The molecule has 0 radical (unpaired) electrons. The molecule has 0 saturated heterocycles. The number of nitrogens with zero attached hydrogens (tertiary/aromatic N) is 1. The van der Waals surface area contributed by atoms with Gasteiger partial charge in [0.2, 0.25) is 0 Å². The van der Waals surface area contributed by atoms with Crippen molar-refractivity contribution in [3.63, 3.8) is 0 Å². The maximum Gasteiger partial charge on any atom is 0.353 e. The molecule has 6 nitrogen and oxygen atoms in total. The van der Waals surface area contributed by atoms with Crippen molar-refractivity contribution in [2.24, 2.45) is 0 Å². The predicted octanol–water partition coefficient (Wildman–Crippen LogP) is 0.199. The lowest BCUT2D eigenvalue weighted by Gasteiger charge is -1.79. The Kier molecular flexibility index (Phi) is 4.13. The number of aliphatic carboxylic acids is 1. The normalized spacial score (nSPS) is 8.08. The Labute approximate surface area is 67.8 Å². The van der Waals surface area contributed by atoms with Crippen molar-refractivity contribution < 1.29 is 19.8 Å². The van der Waals surface area contributed by atoms with E-state index < -0.39 is 11.9 Å². The fourth-order valence-electron chi connectivity index (χ4n) is 0.375. The molecule has 0 aliphatic rings. The summed E-state index contributed by atoms with van der Waals surface area (Å²) in [6.07, 6.45) is 1.39. The van der Waals surface area contributed by atoms with Crippen LogP contribution in [0, 0.1) is 0 Å². The summed E-state index contributed by atoms with van der Waals surface area (Å²) in [4.78, 5) is 19.0. The van der Waals surface area contributed by atoms with Crippen molar-refractivity contribution in [3.8, 4) is 0 Å². The van der Waals surface area contributed by atoms with Crippen molar-refractivity contribution in [1.82, 2.24) is 10.2 Å². The standard InChI is InChI=1S/C4H4N2O2.C2H4O2/c7-4(8)3-1-2-5-6-3;1-2(3)4/h1-2H,(H,5,6)(H,7,8);1H3,(H,3,4). The van der Waals surface area contributed by atoms with Gasteiger partial charge >= 0.3 is 5.97 Å². The summed E-state index contributed by atoms with van der Waals surface area (Å²) in [5.41, 5.74) is 0.116. The topological polar surface area (TPSA) is 103 Å². The van der Waals surface area contributed by atoms with Crippen LogP contribution in [-0.2, 0) is 4.79 Å². The van der Waals surface area contributed by atoms with Crippen molar-refractivity contribution in [1.29, 1.82) is 0 Å². The maximum atomic E-state index is 9.99. The summed E-state index contributed by atoms with van der Waals surface area (Å²) in [6.45, 7) is 1.08. The maximum absolute atomic E-state index is 9.99. The minimum Gasteiger partial charge on any atom is -0.481 e. The Morgan fingerprint density at radius 1 is 1.50 bits per heavy atom. The van der Waals surface area contributed by atoms with Crippen LogP contribution in [0.1, 0.15) is 17.4 Å². The minimum atomic E-state index is -0.984. The van der Waals surface area contributed by atoms with Crippen LogP contribution in [0.5, 0.6) is 0 Å². The first-order valence-corrected chi connectivity index (χ1v) is 2.96. The number of carboxylic acids is 2. The van der Waals surface area contributed by atoms with Crippen molar-refractivity contribution in [2.75, 3.05) is 0 Å². The highest BCUT2D eigenvalue weighted by Crippen LogP contribution is 1.87. The zero-order valence-electron chi connectivity index (χ0n) is 6.31. The van der Waals surface area contributed by atoms with Crippen molar-refractivity contribution in [2.45, 2.75) is 6.92 Å². The van der Waals surface area contributed by atoms with Gasteiger partial charge in [-0.1, -0.05) is 0 Å². The van der Waals surface area contributed by atoms with E-state index in [4.69, 9.17) is 15.0 Å². The van der Waals surface area contributed by atoms with Gasteiger partial charge in [0, 0.05) is 13.1 Å². The molecule has 0 aliphatic carbocycles. The highest BCUT2D eigenvalue weighted by atomic mass is 16.4. The summed E-state index contributed by atoms with van der Waals surface area (Å²) >= 11 is 0. The molecule has 1 rings (SSSR count). The smallest absolute Gasteiger partial charge is 0.353 e. The second kappa shape index (κ2) is 4.89. The van der Waals surface area contributed by atoms with Crippen LogP contribution in [-0.4, -0.2) is 32.3 Å². The van der Waals surface area contributed by atoms with Crippen LogP contribution in [0.25, 0.3) is 0 Å². The fourth-order valence-corrected chi connectivity index (χ4v) is 0.375. The Morgan fingerprint density at radius 2 is 2.00 bits per heavy atom. The number of hydrogen-bond acceptors (Lipinski definition) is 3. The number of aromatic amines is 1. The number of hydrogen-bond donors (Lipinski definition) is 3. The molecule has 0 atom stereocenters. The summed E-state index contributed by atoms with van der Waals surface area (Å²) in [5.74, 6) is -1.82. The molecule has 6 heteroatoms. The first-order chi connectivity index (χ1) is 5.54. The number of nitrogens with one attached hydrogen (secondary N) is 1. The molecular weight excluding hydrogens is 164 g/mol. The lowest BCUT2D eigenvalue weighted by atomic mass is 10.5. The quantitative estimate of drug-likeness (QED) is 0.561. The van der Waals surface area contributed by atoms with Gasteiger partial charge in [-0.25, -0.2) is 4.79 Å². The molecular formula is C6H8N2O4. The number of rotatable bonds is 1. The zero-order chi connectivity index (χ0) is 9.56. The van der Waals surface area contributed by atoms with Crippen LogP contribution in [0.15, 0.2) is 12.3 Å². The Hall–Kier alpha value is -1.85. The molecule has 0 bridgehead atoms. The van der Waals surface area contributed by atoms with E-state index in [1.165, 1.54) is 12.3 Å². The molecule has 66 valence electrons. The largest absolute Gasteiger partial charge is 0.481 e. The molecule has 0 saturated carbocycles. The molecule has 0 unspecified atom stereocenters. The molecule has 0 aromatic carbocycles. The van der Waals surface area contributed by atoms with Crippen molar-refractivity contribution >= 4 is 11.9 Å². The summed E-state index contributed by atoms with van der Waals surface area (Å²) in [7, 11) is 0. The van der Waals surface area contributed by atoms with E-state index >= 15 is 0 Å². The van der Waals surface area contributed by atoms with Gasteiger partial charge in [-0.15, -0.1) is 0 Å². The number of aromatic carboxylic acids is 1. The van der Waals surface area contributed by atoms with E-state index in [9.17, 15) is 4.79 Å². The third-order valence-electron chi connectivity index (χ3n) is 0.731. The number of carbonyl (C=O) groups is 2. The van der Waals surface area contributed by atoms with Crippen LogP contribution < -0.4 is 0 Å². The van der Waals surface area contributed by atoms with Crippen LogP contribution >= 0.6 is 0 Å². The molecule has 3 N–H and O–H groups in total. The van der Waals surface area contributed by atoms with E-state index in [1.54, 1.807) is 0 Å². The highest BCUT2D eigenvalue weighted by Gasteiger charge is 1.99. The summed E-state index contributed by atoms with van der Waals surface area (Å²) in [5, 5.41) is 21.3. The molecule has 0 spiro atoms. The SMILES string of the molecule is CC(=O)O.O=C(O)c1ccn[nH]1. The van der Waals surface area contributed by atoms with Gasteiger partial charge in [0.05, 0.1) is 0 Å². The van der Waals surface area contributed by atoms with Crippen molar-refractivity contribution in [3.05, 3.63) is 18.0 Å². The lowest BCUT2D eigenvalue weighted by molar-refractivity contribution is -0.134.